The van der Waals surface area contributed by atoms with Gasteiger partial charge in [0.1, 0.15) is 5.75 Å². The second-order valence-corrected chi connectivity index (χ2v) is 17.4. The molecular formula is C37H52OS2. The Kier molecular flexibility index (Phi) is 9.64. The van der Waals surface area contributed by atoms with Gasteiger partial charge in [0.05, 0.1) is 0 Å². The minimum Gasteiger partial charge on any atom is -0.507 e. The lowest BCUT2D eigenvalue weighted by atomic mass is 9.77. The molecule has 0 fully saturated rings. The van der Waals surface area contributed by atoms with E-state index in [1.165, 1.54) is 37.6 Å². The summed E-state index contributed by atoms with van der Waals surface area (Å²) in [4.78, 5) is 2.57. The number of phenolic OH excluding ortho intramolecular Hbond substituents is 1. The summed E-state index contributed by atoms with van der Waals surface area (Å²) in [5.74, 6) is 2.13. The van der Waals surface area contributed by atoms with Crippen LogP contribution in [0.1, 0.15) is 122 Å². The summed E-state index contributed by atoms with van der Waals surface area (Å²) in [6.07, 6.45) is 0. The maximum atomic E-state index is 11.3. The topological polar surface area (TPSA) is 20.2 Å². The van der Waals surface area contributed by atoms with Gasteiger partial charge in [-0.1, -0.05) is 119 Å². The van der Waals surface area contributed by atoms with Gasteiger partial charge in [-0.2, -0.15) is 0 Å². The van der Waals surface area contributed by atoms with Crippen LogP contribution in [0.2, 0.25) is 0 Å². The first-order chi connectivity index (χ1) is 18.2. The highest BCUT2D eigenvalue weighted by atomic mass is 32.2. The molecule has 0 radical (unpaired) electrons. The Morgan fingerprint density at radius 2 is 0.950 bits per heavy atom. The molecule has 3 aromatic rings. The van der Waals surface area contributed by atoms with Crippen molar-refractivity contribution in [3.8, 4) is 5.75 Å². The molecule has 0 heterocycles. The van der Waals surface area contributed by atoms with E-state index in [0.29, 0.717) is 5.75 Å². The van der Waals surface area contributed by atoms with Crippen molar-refractivity contribution in [2.75, 3.05) is 0 Å². The highest BCUT2D eigenvalue weighted by Crippen LogP contribution is 2.42. The van der Waals surface area contributed by atoms with Gasteiger partial charge in [-0.15, -0.1) is 23.5 Å². The molecule has 0 atom stereocenters. The summed E-state index contributed by atoms with van der Waals surface area (Å²) in [6.45, 7) is 29.5. The third-order valence-corrected chi connectivity index (χ3v) is 10.0. The lowest BCUT2D eigenvalue weighted by Crippen LogP contribution is -2.19. The van der Waals surface area contributed by atoms with Gasteiger partial charge in [0.2, 0.25) is 0 Å². The van der Waals surface area contributed by atoms with E-state index in [4.69, 9.17) is 0 Å². The van der Waals surface area contributed by atoms with Crippen molar-refractivity contribution in [1.82, 2.24) is 0 Å². The summed E-state index contributed by atoms with van der Waals surface area (Å²) in [6, 6.07) is 18.0. The SMILES string of the molecule is Cc1c(CSc2ccccc2SCc2cc(C(C)(C)C)cc(C(C)(C)C)c2O)cc(C(C)(C)C)cc1C(C)(C)C. The van der Waals surface area contributed by atoms with Crippen LogP contribution in [0.5, 0.6) is 5.75 Å². The molecule has 0 aliphatic heterocycles. The molecule has 0 spiro atoms. The Hall–Kier alpha value is -1.84. The maximum Gasteiger partial charge on any atom is 0.123 e. The van der Waals surface area contributed by atoms with Crippen LogP contribution in [0.25, 0.3) is 0 Å². The predicted molar refractivity (Wildman–Crippen MR) is 180 cm³/mol. The molecule has 0 aromatic heterocycles. The van der Waals surface area contributed by atoms with Gasteiger partial charge in [0.25, 0.3) is 0 Å². The van der Waals surface area contributed by atoms with Crippen LogP contribution < -0.4 is 0 Å². The molecule has 0 bridgehead atoms. The van der Waals surface area contributed by atoms with Crippen LogP contribution >= 0.6 is 23.5 Å². The van der Waals surface area contributed by atoms with Gasteiger partial charge in [-0.3, -0.25) is 0 Å². The number of thioether (sulfide) groups is 2. The van der Waals surface area contributed by atoms with Crippen LogP contribution in [0.4, 0.5) is 0 Å². The van der Waals surface area contributed by atoms with Gasteiger partial charge in [-0.05, 0) is 74.1 Å². The lowest BCUT2D eigenvalue weighted by Gasteiger charge is -2.29. The number of hydrogen-bond donors (Lipinski definition) is 1. The fraction of sp³-hybridized carbons (Fsp3) is 0.514. The predicted octanol–water partition coefficient (Wildman–Crippen LogP) is 11.5. The molecule has 0 saturated heterocycles. The molecule has 1 N–H and O–H groups in total. The molecule has 3 heteroatoms. The Bertz CT molecular complexity index is 1230. The third-order valence-electron chi connectivity index (χ3n) is 7.67. The first-order valence-corrected chi connectivity index (χ1v) is 16.5. The molecule has 0 saturated carbocycles. The van der Waals surface area contributed by atoms with Gasteiger partial charge in [0, 0.05) is 26.9 Å². The average molecular weight is 577 g/mol. The summed E-state index contributed by atoms with van der Waals surface area (Å²) in [5.41, 5.74) is 9.13. The highest BCUT2D eigenvalue weighted by molar-refractivity contribution is 8.01. The van der Waals surface area contributed by atoms with Gasteiger partial charge >= 0.3 is 0 Å². The molecular weight excluding hydrogens is 525 g/mol. The normalized spacial score (nSPS) is 13.1. The number of benzene rings is 3. The number of phenols is 1. The maximum absolute atomic E-state index is 11.3. The zero-order valence-corrected chi connectivity index (χ0v) is 28.9. The largest absolute Gasteiger partial charge is 0.507 e. The smallest absolute Gasteiger partial charge is 0.123 e. The van der Waals surface area contributed by atoms with Crippen molar-refractivity contribution in [3.63, 3.8) is 0 Å². The fourth-order valence-electron chi connectivity index (χ4n) is 4.95. The fourth-order valence-corrected chi connectivity index (χ4v) is 7.21. The Balaban J connectivity index is 1.92. The van der Waals surface area contributed by atoms with Crippen molar-refractivity contribution >= 4 is 23.5 Å². The molecule has 40 heavy (non-hydrogen) atoms. The minimum absolute atomic E-state index is 0.0201. The van der Waals surface area contributed by atoms with E-state index in [9.17, 15) is 5.11 Å². The number of aromatic hydroxyl groups is 1. The Morgan fingerprint density at radius 1 is 0.550 bits per heavy atom. The van der Waals surface area contributed by atoms with E-state index in [2.05, 4.69) is 139 Å². The van der Waals surface area contributed by atoms with Gasteiger partial charge in [0.15, 0.2) is 0 Å². The monoisotopic (exact) mass is 576 g/mol. The zero-order valence-electron chi connectivity index (χ0n) is 27.3. The molecule has 0 unspecified atom stereocenters. The summed E-state index contributed by atoms with van der Waals surface area (Å²) in [7, 11) is 0. The third kappa shape index (κ3) is 7.91. The standard InChI is InChI=1S/C37H52OS2/c1-24-25(18-27(34(2,3)4)20-29(24)36(8,9)10)22-39-31-16-14-15-17-32(31)40-23-26-19-28(35(5,6)7)21-30(33(26)38)37(11,12)13/h14-21,38H,22-23H2,1-13H3. The van der Waals surface area contributed by atoms with Crippen LogP contribution in [0.15, 0.2) is 58.3 Å². The Labute approximate surface area is 254 Å². The second kappa shape index (κ2) is 11.8. The van der Waals surface area contributed by atoms with Crippen LogP contribution in [0, 0.1) is 6.92 Å². The quantitative estimate of drug-likeness (QED) is 0.295. The molecule has 0 aliphatic rings. The summed E-state index contributed by atoms with van der Waals surface area (Å²) >= 11 is 3.75. The lowest BCUT2D eigenvalue weighted by molar-refractivity contribution is 0.440. The van der Waals surface area contributed by atoms with Crippen molar-refractivity contribution < 1.29 is 5.11 Å². The average Bonchev–Trinajstić information content (AvgIpc) is 2.80. The van der Waals surface area contributed by atoms with Crippen LogP contribution in [0.3, 0.4) is 0 Å². The zero-order chi connectivity index (χ0) is 30.3. The van der Waals surface area contributed by atoms with Gasteiger partial charge < -0.3 is 5.11 Å². The van der Waals surface area contributed by atoms with Crippen molar-refractivity contribution in [1.29, 1.82) is 0 Å². The molecule has 1 nitrogen and oxygen atoms in total. The Morgan fingerprint density at radius 3 is 1.38 bits per heavy atom. The molecule has 3 aromatic carbocycles. The van der Waals surface area contributed by atoms with E-state index < -0.39 is 0 Å². The number of hydrogen-bond acceptors (Lipinski definition) is 3. The van der Waals surface area contributed by atoms with Crippen LogP contribution in [-0.4, -0.2) is 5.11 Å². The first-order valence-electron chi connectivity index (χ1n) is 14.6. The number of rotatable bonds is 6. The molecule has 0 amide bonds. The van der Waals surface area contributed by atoms with Crippen molar-refractivity contribution in [3.05, 3.63) is 87.5 Å². The van der Waals surface area contributed by atoms with E-state index in [-0.39, 0.29) is 21.7 Å². The highest BCUT2D eigenvalue weighted by Gasteiger charge is 2.26. The van der Waals surface area contributed by atoms with Gasteiger partial charge in [-0.25, -0.2) is 0 Å². The minimum atomic E-state index is -0.121. The van der Waals surface area contributed by atoms with Crippen molar-refractivity contribution in [2.24, 2.45) is 0 Å². The summed E-state index contributed by atoms with van der Waals surface area (Å²) in [5, 5.41) is 11.3. The molecule has 218 valence electrons. The molecule has 0 aliphatic carbocycles. The summed E-state index contributed by atoms with van der Waals surface area (Å²) < 4.78 is 0. The van der Waals surface area contributed by atoms with E-state index in [1.54, 1.807) is 0 Å². The van der Waals surface area contributed by atoms with E-state index in [0.717, 1.165) is 22.6 Å². The van der Waals surface area contributed by atoms with E-state index in [1.807, 2.05) is 23.5 Å². The van der Waals surface area contributed by atoms with E-state index >= 15 is 0 Å². The van der Waals surface area contributed by atoms with Crippen LogP contribution in [-0.2, 0) is 33.2 Å². The first kappa shape index (κ1) is 32.7. The second-order valence-electron chi connectivity index (χ2n) is 15.4. The van der Waals surface area contributed by atoms with Crippen molar-refractivity contribution in [2.45, 2.75) is 133 Å². The molecule has 3 rings (SSSR count).